The molecule has 0 saturated carbocycles. The number of nitrogens with zero attached hydrogens (tertiary/aromatic N) is 1. The van der Waals surface area contributed by atoms with Gasteiger partial charge in [-0.3, -0.25) is 9.00 Å². The third-order valence-corrected chi connectivity index (χ3v) is 7.00. The van der Waals surface area contributed by atoms with Gasteiger partial charge in [-0.2, -0.15) is 13.2 Å². The molecule has 0 spiro atoms. The van der Waals surface area contributed by atoms with Crippen LogP contribution in [0.4, 0.5) is 17.6 Å². The minimum absolute atomic E-state index is 0.158. The van der Waals surface area contributed by atoms with Gasteiger partial charge in [0.1, 0.15) is 5.82 Å². The van der Waals surface area contributed by atoms with Gasteiger partial charge in [0.25, 0.3) is 0 Å². The smallest absolute Gasteiger partial charge is 0.416 e. The fraction of sp³-hybridized carbons (Fsp3) is 0.375. The van der Waals surface area contributed by atoms with Crippen LogP contribution in [-0.4, -0.2) is 24.4 Å². The maximum atomic E-state index is 14.5. The number of aromatic nitrogens is 1. The molecule has 3 atom stereocenters. The second kappa shape index (κ2) is 9.14. The molecule has 0 radical (unpaired) electrons. The molecule has 1 unspecified atom stereocenters. The molecule has 1 aliphatic carbocycles. The van der Waals surface area contributed by atoms with Crippen LogP contribution in [0.15, 0.2) is 36.4 Å². The fourth-order valence-corrected chi connectivity index (χ4v) is 5.56. The van der Waals surface area contributed by atoms with E-state index in [0.29, 0.717) is 41.4 Å². The maximum absolute atomic E-state index is 14.5. The van der Waals surface area contributed by atoms with E-state index in [4.69, 9.17) is 0 Å². The van der Waals surface area contributed by atoms with Crippen molar-refractivity contribution in [2.45, 2.75) is 56.5 Å². The van der Waals surface area contributed by atoms with Crippen LogP contribution in [0.3, 0.4) is 0 Å². The third-order valence-electron chi connectivity index (χ3n) is 6.46. The zero-order chi connectivity index (χ0) is 24.8. The minimum atomic E-state index is -4.49. The zero-order valence-electron chi connectivity index (χ0n) is 18.2. The molecule has 182 valence electrons. The molecule has 1 heterocycles. The van der Waals surface area contributed by atoms with Crippen molar-refractivity contribution in [2.75, 3.05) is 0 Å². The topological polar surface area (TPSA) is 82.4 Å². The molecule has 34 heavy (non-hydrogen) atoms. The lowest BCUT2D eigenvalue weighted by atomic mass is 9.84. The van der Waals surface area contributed by atoms with Gasteiger partial charge in [-0.25, -0.2) is 4.39 Å². The largest absolute Gasteiger partial charge is 0.772 e. The molecule has 1 N–H and O–H groups in total. The number of hydrogen-bond donors (Lipinski definition) is 1. The highest BCUT2D eigenvalue weighted by Gasteiger charge is 2.33. The first-order valence-corrected chi connectivity index (χ1v) is 12.0. The van der Waals surface area contributed by atoms with Crippen LogP contribution < -0.4 is 0 Å². The van der Waals surface area contributed by atoms with Crippen LogP contribution in [0.2, 0.25) is 0 Å². The van der Waals surface area contributed by atoms with Crippen LogP contribution in [0, 0.1) is 5.82 Å². The Morgan fingerprint density at radius 3 is 2.53 bits per heavy atom. The predicted molar refractivity (Wildman–Crippen MR) is 118 cm³/mol. The molecule has 0 amide bonds. The first kappa shape index (κ1) is 24.4. The number of carbonyl (C=O) groups is 1. The lowest BCUT2D eigenvalue weighted by Crippen LogP contribution is -2.20. The van der Waals surface area contributed by atoms with Crippen molar-refractivity contribution >= 4 is 28.0 Å². The van der Waals surface area contributed by atoms with Gasteiger partial charge in [-0.05, 0) is 67.1 Å². The van der Waals surface area contributed by atoms with Gasteiger partial charge >= 0.3 is 12.1 Å². The minimum Gasteiger partial charge on any atom is -0.772 e. The third kappa shape index (κ3) is 4.61. The predicted octanol–water partition coefficient (Wildman–Crippen LogP) is 5.68. The fourth-order valence-electron chi connectivity index (χ4n) is 5.09. The van der Waals surface area contributed by atoms with Gasteiger partial charge in [-0.15, -0.1) is 0 Å². The Hall–Kier alpha value is -2.72. The summed E-state index contributed by atoms with van der Waals surface area (Å²) in [6.07, 6.45) is -2.80. The molecule has 0 saturated heterocycles. The Labute approximate surface area is 195 Å². The van der Waals surface area contributed by atoms with Crippen molar-refractivity contribution in [3.63, 3.8) is 0 Å². The highest BCUT2D eigenvalue weighted by molar-refractivity contribution is 7.78. The Bertz CT molecular complexity index is 1270. The number of aliphatic carboxylic acids is 1. The van der Waals surface area contributed by atoms with Crippen molar-refractivity contribution in [3.05, 3.63) is 70.2 Å². The van der Waals surface area contributed by atoms with Gasteiger partial charge in [0.15, 0.2) is 0 Å². The second-order valence-electron chi connectivity index (χ2n) is 8.63. The molecular weight excluding hydrogens is 474 g/mol. The number of rotatable bonds is 6. The Morgan fingerprint density at radius 2 is 1.94 bits per heavy atom. The van der Waals surface area contributed by atoms with Gasteiger partial charge in [0, 0.05) is 22.8 Å². The average Bonchev–Trinajstić information content (AvgIpc) is 3.07. The van der Waals surface area contributed by atoms with Crippen LogP contribution in [0.5, 0.6) is 0 Å². The highest BCUT2D eigenvalue weighted by atomic mass is 32.2. The van der Waals surface area contributed by atoms with Gasteiger partial charge in [-0.1, -0.05) is 23.2 Å². The molecule has 0 aliphatic heterocycles. The molecular formula is C24H22F4NO4S-. The van der Waals surface area contributed by atoms with Crippen LogP contribution >= 0.6 is 0 Å². The van der Waals surface area contributed by atoms with E-state index in [0.717, 1.165) is 23.8 Å². The standard InChI is InChI=1S/C24H23F4NO4S/c1-13(14-5-7-17(8-6-14)24(26,27)28)29-22-15(10-21(30)31)3-2-4-19(22)20-11-18(25)9-16(23(20)29)12-34(32)33/h5-9,11,13,15H,2-4,10,12H2,1H3,(H,30,31)(H,32,33)/p-1/t13-,15+/m0/s1. The zero-order valence-corrected chi connectivity index (χ0v) is 19.0. The first-order chi connectivity index (χ1) is 16.0. The number of aryl methyl sites for hydroxylation is 1. The van der Waals surface area contributed by atoms with Crippen LogP contribution in [0.25, 0.3) is 10.9 Å². The van der Waals surface area contributed by atoms with Gasteiger partial charge < -0.3 is 14.2 Å². The van der Waals surface area contributed by atoms with E-state index in [2.05, 4.69) is 0 Å². The summed E-state index contributed by atoms with van der Waals surface area (Å²) in [5.41, 5.74) is 1.89. The lowest BCUT2D eigenvalue weighted by Gasteiger charge is -2.28. The lowest BCUT2D eigenvalue weighted by molar-refractivity contribution is -0.138. The molecule has 0 bridgehead atoms. The molecule has 3 aromatic rings. The SMILES string of the molecule is C[C@@H](c1ccc(C(F)(F)F)cc1)n1c2c(c3cc(F)cc(CS(=O)[O-])c31)CCC[C@@H]2CC(=O)O. The van der Waals surface area contributed by atoms with Crippen molar-refractivity contribution in [1.29, 1.82) is 0 Å². The summed E-state index contributed by atoms with van der Waals surface area (Å²) in [7, 11) is 0. The summed E-state index contributed by atoms with van der Waals surface area (Å²) in [6, 6.07) is 6.59. The molecule has 5 nitrogen and oxygen atoms in total. The molecule has 4 rings (SSSR count). The van der Waals surface area contributed by atoms with Crippen molar-refractivity contribution in [2.24, 2.45) is 0 Å². The molecule has 1 aliphatic rings. The Morgan fingerprint density at radius 1 is 1.26 bits per heavy atom. The number of fused-ring (bicyclic) bond motifs is 3. The number of benzene rings is 2. The summed E-state index contributed by atoms with van der Waals surface area (Å²) in [6.45, 7) is 1.76. The average molecular weight is 497 g/mol. The van der Waals surface area contributed by atoms with E-state index in [1.54, 1.807) is 6.92 Å². The van der Waals surface area contributed by atoms with Crippen LogP contribution in [0.1, 0.15) is 66.1 Å². The van der Waals surface area contributed by atoms with Gasteiger partial charge in [0.2, 0.25) is 0 Å². The van der Waals surface area contributed by atoms with E-state index in [1.807, 2.05) is 4.57 Å². The van der Waals surface area contributed by atoms with Crippen molar-refractivity contribution in [3.8, 4) is 0 Å². The molecule has 1 aromatic heterocycles. The van der Waals surface area contributed by atoms with E-state index in [-0.39, 0.29) is 17.9 Å². The Balaban J connectivity index is 1.98. The quantitative estimate of drug-likeness (QED) is 0.352. The van der Waals surface area contributed by atoms with E-state index < -0.39 is 46.4 Å². The summed E-state index contributed by atoms with van der Waals surface area (Å²) in [5.74, 6) is -2.43. The van der Waals surface area contributed by atoms with Gasteiger partial charge in [0.05, 0.1) is 23.5 Å². The number of halogens is 4. The highest BCUT2D eigenvalue weighted by Crippen LogP contribution is 2.44. The molecule has 0 fully saturated rings. The van der Waals surface area contributed by atoms with E-state index in [1.165, 1.54) is 18.2 Å². The number of hydrogen-bond acceptors (Lipinski definition) is 3. The van der Waals surface area contributed by atoms with E-state index in [9.17, 15) is 36.2 Å². The second-order valence-corrected chi connectivity index (χ2v) is 9.52. The summed E-state index contributed by atoms with van der Waals surface area (Å²) >= 11 is -2.51. The Kier molecular flexibility index (Phi) is 6.56. The number of alkyl halides is 3. The van der Waals surface area contributed by atoms with Crippen molar-refractivity contribution < 1.29 is 36.2 Å². The summed E-state index contributed by atoms with van der Waals surface area (Å²) in [4.78, 5) is 11.6. The number of carboxylic acid groups (broad SMARTS) is 1. The number of carboxylic acids is 1. The molecule has 10 heteroatoms. The monoisotopic (exact) mass is 496 g/mol. The first-order valence-electron chi connectivity index (χ1n) is 10.8. The molecule has 2 aromatic carbocycles. The van der Waals surface area contributed by atoms with Crippen molar-refractivity contribution in [1.82, 2.24) is 4.57 Å². The summed E-state index contributed by atoms with van der Waals surface area (Å²) in [5, 5.41) is 10.00. The van der Waals surface area contributed by atoms with Crippen LogP contribution in [-0.2, 0) is 34.2 Å². The normalized spacial score (nSPS) is 18.0. The van der Waals surface area contributed by atoms with E-state index >= 15 is 0 Å². The maximum Gasteiger partial charge on any atom is 0.416 e. The summed E-state index contributed by atoms with van der Waals surface area (Å²) < 4.78 is 78.6.